The van der Waals surface area contributed by atoms with E-state index in [2.05, 4.69) is 49.5 Å². The summed E-state index contributed by atoms with van der Waals surface area (Å²) in [6.45, 7) is 6.92. The zero-order valence-electron chi connectivity index (χ0n) is 20.5. The van der Waals surface area contributed by atoms with Gasteiger partial charge in [0.05, 0.1) is 12.2 Å². The van der Waals surface area contributed by atoms with Crippen LogP contribution >= 0.6 is 0 Å². The topological polar surface area (TPSA) is 91.6 Å². The van der Waals surface area contributed by atoms with Crippen LogP contribution in [-0.2, 0) is 28.8 Å². The van der Waals surface area contributed by atoms with Crippen LogP contribution in [0.15, 0.2) is 42.5 Å². The van der Waals surface area contributed by atoms with Gasteiger partial charge in [-0.25, -0.2) is 0 Å². The van der Waals surface area contributed by atoms with Crippen molar-refractivity contribution in [3.63, 3.8) is 0 Å². The maximum atomic E-state index is 11.7. The van der Waals surface area contributed by atoms with Gasteiger partial charge in [0.15, 0.2) is 0 Å². The second kappa shape index (κ2) is 12.0. The molecule has 1 aliphatic rings. The Balaban J connectivity index is 1.47. The van der Waals surface area contributed by atoms with E-state index in [1.54, 1.807) is 19.1 Å². The Morgan fingerprint density at radius 1 is 1.21 bits per heavy atom. The van der Waals surface area contributed by atoms with Crippen LogP contribution in [0.4, 0.5) is 0 Å². The third-order valence-electron chi connectivity index (χ3n) is 6.31. The van der Waals surface area contributed by atoms with Gasteiger partial charge in [-0.2, -0.15) is 5.26 Å². The van der Waals surface area contributed by atoms with Crippen molar-refractivity contribution in [1.82, 2.24) is 5.32 Å². The third kappa shape index (κ3) is 7.31. The van der Waals surface area contributed by atoms with Gasteiger partial charge in [-0.15, -0.1) is 0 Å². The summed E-state index contributed by atoms with van der Waals surface area (Å²) in [5.41, 5.74) is 3.93. The molecular weight excluding hydrogens is 428 g/mol. The van der Waals surface area contributed by atoms with E-state index in [-0.39, 0.29) is 24.5 Å². The van der Waals surface area contributed by atoms with E-state index in [1.807, 2.05) is 6.07 Å². The van der Waals surface area contributed by atoms with Crippen molar-refractivity contribution in [1.29, 1.82) is 5.26 Å². The van der Waals surface area contributed by atoms with Crippen LogP contribution in [0, 0.1) is 17.2 Å². The number of ether oxygens (including phenoxy) is 2. The van der Waals surface area contributed by atoms with Crippen molar-refractivity contribution in [3.05, 3.63) is 64.7 Å². The minimum absolute atomic E-state index is 0.0773. The monoisotopic (exact) mass is 464 g/mol. The molecule has 0 aliphatic heterocycles. The molecule has 0 bridgehead atoms. The van der Waals surface area contributed by atoms with Crippen molar-refractivity contribution >= 4 is 5.97 Å². The number of carbonyl (C=O) groups excluding carboxylic acids is 1. The van der Waals surface area contributed by atoms with Crippen molar-refractivity contribution in [3.8, 4) is 11.8 Å². The lowest BCUT2D eigenvalue weighted by atomic mass is 9.88. The van der Waals surface area contributed by atoms with E-state index in [4.69, 9.17) is 9.47 Å². The highest BCUT2D eigenvalue weighted by Gasteiger charge is 2.28. The fraction of sp³-hybridized carbons (Fsp3) is 0.500. The van der Waals surface area contributed by atoms with Gasteiger partial charge in [-0.1, -0.05) is 36.4 Å². The maximum Gasteiger partial charge on any atom is 0.306 e. The lowest BCUT2D eigenvalue weighted by molar-refractivity contribution is -0.143. The Hall–Kier alpha value is -2.88. The molecule has 2 aromatic carbocycles. The summed E-state index contributed by atoms with van der Waals surface area (Å²) in [6.07, 6.45) is 3.14. The molecule has 0 fully saturated rings. The number of nitriles is 1. The number of hydrogen-bond acceptors (Lipinski definition) is 6. The molecule has 1 atom stereocenters. The highest BCUT2D eigenvalue weighted by molar-refractivity contribution is 5.70. The van der Waals surface area contributed by atoms with Crippen LogP contribution in [0.3, 0.4) is 0 Å². The number of β-amino-alcohol motifs (C(OH)–C–C–N with tert-alkyl or cyclic N) is 1. The fourth-order valence-corrected chi connectivity index (χ4v) is 4.73. The standard InChI is InChI=1S/C28H36N2O4/c1-4-33-27(32)13-12-21-10-7-11-26(25(21)17-29)34-19-24(31)18-30-28(2,3)16-20-14-22-8-5-6-9-23(22)15-20/h5-11,20,24,30-31H,4,12-16,18-19H2,1-3H3. The zero-order valence-corrected chi connectivity index (χ0v) is 20.5. The van der Waals surface area contributed by atoms with Crippen LogP contribution in [0.1, 0.15) is 55.9 Å². The molecule has 6 heteroatoms. The Morgan fingerprint density at radius 2 is 1.91 bits per heavy atom. The second-order valence-corrected chi connectivity index (χ2v) is 9.68. The molecule has 2 N–H and O–H groups in total. The summed E-state index contributed by atoms with van der Waals surface area (Å²) >= 11 is 0. The Kier molecular flexibility index (Phi) is 9.09. The first-order chi connectivity index (χ1) is 16.3. The van der Waals surface area contributed by atoms with Gasteiger partial charge < -0.3 is 19.9 Å². The quantitative estimate of drug-likeness (QED) is 0.462. The molecule has 0 spiro atoms. The summed E-state index contributed by atoms with van der Waals surface area (Å²) in [4.78, 5) is 11.7. The Bertz CT molecular complexity index is 987. The van der Waals surface area contributed by atoms with E-state index in [0.717, 1.165) is 24.8 Å². The number of hydrogen-bond donors (Lipinski definition) is 2. The van der Waals surface area contributed by atoms with Crippen molar-refractivity contribution in [2.24, 2.45) is 5.92 Å². The molecule has 2 aromatic rings. The first kappa shape index (κ1) is 25.7. The number of aliphatic hydroxyl groups is 1. The van der Waals surface area contributed by atoms with Crippen molar-refractivity contribution in [2.45, 2.75) is 64.5 Å². The summed E-state index contributed by atoms with van der Waals surface area (Å²) in [6, 6.07) is 16.2. The molecule has 0 radical (unpaired) electrons. The molecule has 0 amide bonds. The molecule has 1 unspecified atom stereocenters. The number of fused-ring (bicyclic) bond motifs is 1. The van der Waals surface area contributed by atoms with Crippen LogP contribution in [0.5, 0.6) is 5.75 Å². The zero-order chi connectivity index (χ0) is 24.6. The van der Waals surface area contributed by atoms with Gasteiger partial charge in [0.1, 0.15) is 24.5 Å². The molecule has 0 saturated heterocycles. The molecule has 34 heavy (non-hydrogen) atoms. The van der Waals surface area contributed by atoms with Gasteiger partial charge in [0.25, 0.3) is 0 Å². The van der Waals surface area contributed by atoms with Crippen molar-refractivity contribution < 1.29 is 19.4 Å². The number of carbonyl (C=O) groups is 1. The SMILES string of the molecule is CCOC(=O)CCc1cccc(OCC(O)CNC(C)(C)CC2Cc3ccccc3C2)c1C#N. The smallest absolute Gasteiger partial charge is 0.306 e. The number of rotatable bonds is 12. The first-order valence-electron chi connectivity index (χ1n) is 12.1. The second-order valence-electron chi connectivity index (χ2n) is 9.68. The van der Waals surface area contributed by atoms with Gasteiger partial charge in [0, 0.05) is 18.5 Å². The molecule has 1 aliphatic carbocycles. The summed E-state index contributed by atoms with van der Waals surface area (Å²) in [5, 5.41) is 23.6. The summed E-state index contributed by atoms with van der Waals surface area (Å²) in [5.74, 6) is 0.734. The molecule has 3 rings (SSSR count). The van der Waals surface area contributed by atoms with Crippen LogP contribution in [-0.4, -0.2) is 42.5 Å². The molecular formula is C28H36N2O4. The predicted octanol–water partition coefficient (Wildman–Crippen LogP) is 3.97. The van der Waals surface area contributed by atoms with Gasteiger partial charge >= 0.3 is 5.97 Å². The number of aryl methyl sites for hydroxylation is 1. The summed E-state index contributed by atoms with van der Waals surface area (Å²) < 4.78 is 10.8. The fourth-order valence-electron chi connectivity index (χ4n) is 4.73. The van der Waals surface area contributed by atoms with Crippen LogP contribution in [0.25, 0.3) is 0 Å². The molecule has 182 valence electrons. The van der Waals surface area contributed by atoms with E-state index in [1.165, 1.54) is 11.1 Å². The summed E-state index contributed by atoms with van der Waals surface area (Å²) in [7, 11) is 0. The minimum Gasteiger partial charge on any atom is -0.489 e. The lowest BCUT2D eigenvalue weighted by Crippen LogP contribution is -2.46. The number of esters is 1. The highest BCUT2D eigenvalue weighted by Crippen LogP contribution is 2.32. The number of benzene rings is 2. The van der Waals surface area contributed by atoms with Gasteiger partial charge in [-0.05, 0) is 75.1 Å². The van der Waals surface area contributed by atoms with Gasteiger partial charge in [-0.3, -0.25) is 4.79 Å². The van der Waals surface area contributed by atoms with Gasteiger partial charge in [0.2, 0.25) is 0 Å². The first-order valence-corrected chi connectivity index (χ1v) is 12.1. The van der Waals surface area contributed by atoms with Crippen LogP contribution < -0.4 is 10.1 Å². The average Bonchev–Trinajstić information content (AvgIpc) is 3.21. The molecule has 0 heterocycles. The number of nitrogens with zero attached hydrogens (tertiary/aromatic N) is 1. The highest BCUT2D eigenvalue weighted by atomic mass is 16.5. The molecule has 0 saturated carbocycles. The molecule has 6 nitrogen and oxygen atoms in total. The van der Waals surface area contributed by atoms with E-state index >= 15 is 0 Å². The third-order valence-corrected chi connectivity index (χ3v) is 6.31. The largest absolute Gasteiger partial charge is 0.489 e. The normalized spacial score (nSPS) is 14.3. The lowest BCUT2D eigenvalue weighted by Gasteiger charge is -2.30. The molecule has 0 aromatic heterocycles. The maximum absolute atomic E-state index is 11.7. The number of nitrogens with one attached hydrogen (secondary N) is 1. The van der Waals surface area contributed by atoms with E-state index in [0.29, 0.717) is 36.8 Å². The van der Waals surface area contributed by atoms with E-state index in [9.17, 15) is 15.2 Å². The predicted molar refractivity (Wildman–Crippen MR) is 132 cm³/mol. The van der Waals surface area contributed by atoms with Crippen molar-refractivity contribution in [2.75, 3.05) is 19.8 Å². The Morgan fingerprint density at radius 3 is 2.56 bits per heavy atom. The number of aliphatic hydroxyl groups excluding tert-OH is 1. The average molecular weight is 465 g/mol. The minimum atomic E-state index is -0.713. The van der Waals surface area contributed by atoms with Crippen LogP contribution in [0.2, 0.25) is 0 Å². The Labute approximate surface area is 202 Å². The van der Waals surface area contributed by atoms with E-state index < -0.39 is 6.10 Å².